The first-order valence-corrected chi connectivity index (χ1v) is 6.58. The average Bonchev–Trinajstić information content (AvgIpc) is 2.56. The number of aryl methyl sites for hydroxylation is 1. The third-order valence-electron chi connectivity index (χ3n) is 2.27. The van der Waals surface area contributed by atoms with Crippen LogP contribution in [-0.2, 0) is 6.42 Å². The molecule has 2 rings (SSSR count). The number of hydrogen-bond donors (Lipinski definition) is 1. The van der Waals surface area contributed by atoms with E-state index < -0.39 is 0 Å². The van der Waals surface area contributed by atoms with Gasteiger partial charge in [0.15, 0.2) is 5.06 Å². The Kier molecular flexibility index (Phi) is 2.70. The van der Waals surface area contributed by atoms with Crippen LogP contribution in [0.4, 0.5) is 0 Å². The summed E-state index contributed by atoms with van der Waals surface area (Å²) in [4.78, 5) is 1.26. The molecule has 0 bridgehead atoms. The largest absolute Gasteiger partial charge is 0.499 e. The van der Waals surface area contributed by atoms with Crippen LogP contribution in [0.2, 0.25) is 0 Å². The van der Waals surface area contributed by atoms with Gasteiger partial charge in [0.1, 0.15) is 0 Å². The van der Waals surface area contributed by atoms with Crippen molar-refractivity contribution in [1.29, 1.82) is 0 Å². The molecule has 0 amide bonds. The van der Waals surface area contributed by atoms with Crippen LogP contribution >= 0.6 is 23.1 Å². The predicted molar refractivity (Wildman–Crippen MR) is 64.6 cm³/mol. The maximum atomic E-state index is 9.45. The van der Waals surface area contributed by atoms with E-state index in [0.717, 1.165) is 6.42 Å². The number of thiophene rings is 1. The summed E-state index contributed by atoms with van der Waals surface area (Å²) < 4.78 is 1.19. The Bertz CT molecular complexity index is 460. The minimum atomic E-state index is 0.406. The molecule has 0 radical (unpaired) electrons. The number of benzene rings is 1. The van der Waals surface area contributed by atoms with Crippen molar-refractivity contribution in [3.05, 3.63) is 23.8 Å². The summed E-state index contributed by atoms with van der Waals surface area (Å²) in [5, 5.41) is 11.0. The van der Waals surface area contributed by atoms with Crippen molar-refractivity contribution in [3.63, 3.8) is 0 Å². The zero-order valence-electron chi connectivity index (χ0n) is 8.20. The van der Waals surface area contributed by atoms with Crippen molar-refractivity contribution < 1.29 is 5.11 Å². The van der Waals surface area contributed by atoms with Gasteiger partial charge in [-0.2, -0.15) is 0 Å². The van der Waals surface area contributed by atoms with Gasteiger partial charge in [-0.15, -0.1) is 11.8 Å². The second-order valence-electron chi connectivity index (χ2n) is 3.15. The van der Waals surface area contributed by atoms with E-state index in [1.54, 1.807) is 11.8 Å². The molecule has 1 heterocycles. The van der Waals surface area contributed by atoms with E-state index in [1.807, 2.05) is 6.07 Å². The molecule has 74 valence electrons. The molecule has 1 N–H and O–H groups in total. The van der Waals surface area contributed by atoms with Crippen LogP contribution in [0.15, 0.2) is 23.1 Å². The second-order valence-corrected chi connectivity index (χ2v) is 5.06. The molecule has 1 nitrogen and oxygen atoms in total. The number of hydrogen-bond acceptors (Lipinski definition) is 3. The molecule has 2 aromatic rings. The highest BCUT2D eigenvalue weighted by atomic mass is 32.2. The highest BCUT2D eigenvalue weighted by Gasteiger charge is 2.06. The third-order valence-corrected chi connectivity index (χ3v) is 3.94. The van der Waals surface area contributed by atoms with Crippen molar-refractivity contribution in [2.24, 2.45) is 0 Å². The van der Waals surface area contributed by atoms with Crippen LogP contribution < -0.4 is 0 Å². The maximum absolute atomic E-state index is 9.45. The Labute approximate surface area is 91.8 Å². The fourth-order valence-corrected chi connectivity index (χ4v) is 3.13. The normalized spacial score (nSPS) is 11.0. The Hall–Kier alpha value is -0.670. The van der Waals surface area contributed by atoms with E-state index in [4.69, 9.17) is 0 Å². The topological polar surface area (TPSA) is 20.2 Å². The van der Waals surface area contributed by atoms with Gasteiger partial charge in [0.05, 0.1) is 0 Å². The average molecular weight is 224 g/mol. The lowest BCUT2D eigenvalue weighted by atomic mass is 10.1. The summed E-state index contributed by atoms with van der Waals surface area (Å²) in [6.07, 6.45) is 3.12. The van der Waals surface area contributed by atoms with Gasteiger partial charge in [-0.25, -0.2) is 0 Å². The van der Waals surface area contributed by atoms with Crippen molar-refractivity contribution in [2.75, 3.05) is 6.26 Å². The highest BCUT2D eigenvalue weighted by Crippen LogP contribution is 2.37. The van der Waals surface area contributed by atoms with Crippen LogP contribution in [0.5, 0.6) is 5.06 Å². The van der Waals surface area contributed by atoms with Gasteiger partial charge in [-0.3, -0.25) is 0 Å². The molecule has 0 spiro atoms. The molecule has 3 heteroatoms. The quantitative estimate of drug-likeness (QED) is 0.781. The molecule has 0 atom stereocenters. The van der Waals surface area contributed by atoms with Gasteiger partial charge in [-0.1, -0.05) is 18.3 Å². The van der Waals surface area contributed by atoms with E-state index in [1.165, 1.54) is 31.9 Å². The van der Waals surface area contributed by atoms with E-state index in [9.17, 15) is 5.11 Å². The lowest BCUT2D eigenvalue weighted by molar-refractivity contribution is 0.491. The first kappa shape index (κ1) is 9.87. The number of thioether (sulfide) groups is 1. The predicted octanol–water partition coefficient (Wildman–Crippen LogP) is 3.89. The molecule has 0 fully saturated rings. The standard InChI is InChI=1S/C11H12OS2/c1-3-7-4-9(13-2)8-6-11(12)14-10(8)5-7/h4-6,12H,3H2,1-2H3. The monoisotopic (exact) mass is 224 g/mol. The van der Waals surface area contributed by atoms with Gasteiger partial charge >= 0.3 is 0 Å². The van der Waals surface area contributed by atoms with E-state index >= 15 is 0 Å². The summed E-state index contributed by atoms with van der Waals surface area (Å²) >= 11 is 3.19. The first-order chi connectivity index (χ1) is 6.74. The van der Waals surface area contributed by atoms with Crippen LogP contribution in [0, 0.1) is 0 Å². The summed E-state index contributed by atoms with van der Waals surface area (Å²) in [5.41, 5.74) is 1.34. The van der Waals surface area contributed by atoms with Gasteiger partial charge < -0.3 is 5.11 Å². The summed E-state index contributed by atoms with van der Waals surface area (Å²) in [6, 6.07) is 6.23. The van der Waals surface area contributed by atoms with Crippen molar-refractivity contribution in [3.8, 4) is 5.06 Å². The summed E-state index contributed by atoms with van der Waals surface area (Å²) in [5.74, 6) is 0. The van der Waals surface area contributed by atoms with Crippen molar-refractivity contribution >= 4 is 33.2 Å². The number of rotatable bonds is 2. The fourth-order valence-electron chi connectivity index (χ4n) is 1.52. The van der Waals surface area contributed by atoms with E-state index in [-0.39, 0.29) is 0 Å². The molecule has 14 heavy (non-hydrogen) atoms. The third kappa shape index (κ3) is 1.62. The van der Waals surface area contributed by atoms with E-state index in [2.05, 4.69) is 25.3 Å². The van der Waals surface area contributed by atoms with Crippen molar-refractivity contribution in [1.82, 2.24) is 0 Å². The Morgan fingerprint density at radius 2 is 2.14 bits per heavy atom. The molecule has 0 aliphatic heterocycles. The zero-order valence-corrected chi connectivity index (χ0v) is 9.84. The fraction of sp³-hybridized carbons (Fsp3) is 0.273. The molecule has 1 aromatic heterocycles. The second kappa shape index (κ2) is 3.83. The minimum Gasteiger partial charge on any atom is -0.499 e. The van der Waals surface area contributed by atoms with Crippen LogP contribution in [-0.4, -0.2) is 11.4 Å². The smallest absolute Gasteiger partial charge is 0.172 e. The Morgan fingerprint density at radius 3 is 2.79 bits per heavy atom. The molecule has 0 aliphatic rings. The summed E-state index contributed by atoms with van der Waals surface area (Å²) in [6.45, 7) is 2.15. The number of fused-ring (bicyclic) bond motifs is 1. The van der Waals surface area contributed by atoms with E-state index in [0.29, 0.717) is 5.06 Å². The molecule has 0 aliphatic carbocycles. The maximum Gasteiger partial charge on any atom is 0.172 e. The SMILES string of the molecule is CCc1cc(SC)c2cc(O)sc2c1. The Morgan fingerprint density at radius 1 is 1.36 bits per heavy atom. The van der Waals surface area contributed by atoms with Gasteiger partial charge in [-0.05, 0) is 30.4 Å². The molecule has 0 saturated heterocycles. The minimum absolute atomic E-state index is 0.406. The lowest BCUT2D eigenvalue weighted by Gasteiger charge is -2.02. The van der Waals surface area contributed by atoms with Crippen LogP contribution in [0.1, 0.15) is 12.5 Å². The highest BCUT2D eigenvalue weighted by molar-refractivity contribution is 7.98. The molecule has 0 saturated carbocycles. The molecule has 1 aromatic carbocycles. The van der Waals surface area contributed by atoms with Gasteiger partial charge in [0.25, 0.3) is 0 Å². The zero-order chi connectivity index (χ0) is 10.1. The van der Waals surface area contributed by atoms with Gasteiger partial charge in [0.2, 0.25) is 0 Å². The van der Waals surface area contributed by atoms with Crippen LogP contribution in [0.25, 0.3) is 10.1 Å². The number of aromatic hydroxyl groups is 1. The molecule has 0 unspecified atom stereocenters. The first-order valence-electron chi connectivity index (χ1n) is 4.54. The summed E-state index contributed by atoms with van der Waals surface area (Å²) in [7, 11) is 0. The van der Waals surface area contributed by atoms with Crippen molar-refractivity contribution in [2.45, 2.75) is 18.2 Å². The molecular formula is C11H12OS2. The van der Waals surface area contributed by atoms with Gasteiger partial charge in [0, 0.05) is 21.0 Å². The lowest BCUT2D eigenvalue weighted by Crippen LogP contribution is -1.80. The molecular weight excluding hydrogens is 212 g/mol. The van der Waals surface area contributed by atoms with Crippen LogP contribution in [0.3, 0.4) is 0 Å². The Balaban J connectivity index is 2.72.